The van der Waals surface area contributed by atoms with Gasteiger partial charge in [-0.2, -0.15) is 4.98 Å². The van der Waals surface area contributed by atoms with Crippen LogP contribution in [0.3, 0.4) is 0 Å². The number of pyridine rings is 1. The summed E-state index contributed by atoms with van der Waals surface area (Å²) in [6, 6.07) is 9.55. The summed E-state index contributed by atoms with van der Waals surface area (Å²) in [6.45, 7) is 2.70. The molecular formula is C18H16Cl2N4O. The standard InChI is InChI=1S/C18H16Cl2N4O/c19-15-4-3-12(8-16(15)20)10-24-7-5-14(11-24)18-22-17(23-25-18)13-2-1-6-21-9-13/h1-4,6,8-9,14H,5,7,10-11H2/t14-/m1/s1. The Balaban J connectivity index is 1.42. The van der Waals surface area contributed by atoms with Crippen LogP contribution in [0.2, 0.25) is 10.0 Å². The Labute approximate surface area is 155 Å². The van der Waals surface area contributed by atoms with E-state index in [1.807, 2.05) is 30.3 Å². The molecule has 1 aromatic carbocycles. The number of benzene rings is 1. The number of likely N-dealkylation sites (tertiary alicyclic amines) is 1. The Morgan fingerprint density at radius 2 is 2.12 bits per heavy atom. The van der Waals surface area contributed by atoms with Gasteiger partial charge in [-0.1, -0.05) is 34.4 Å². The van der Waals surface area contributed by atoms with Crippen molar-refractivity contribution in [1.29, 1.82) is 0 Å². The second-order valence-electron chi connectivity index (χ2n) is 6.17. The zero-order valence-electron chi connectivity index (χ0n) is 13.4. The molecular weight excluding hydrogens is 359 g/mol. The molecule has 1 fully saturated rings. The fourth-order valence-corrected chi connectivity index (χ4v) is 3.41. The van der Waals surface area contributed by atoms with Gasteiger partial charge in [0.05, 0.1) is 16.0 Å². The van der Waals surface area contributed by atoms with E-state index in [0.717, 1.165) is 37.2 Å². The van der Waals surface area contributed by atoms with Crippen molar-refractivity contribution in [3.8, 4) is 11.4 Å². The molecule has 3 aromatic rings. The first-order chi connectivity index (χ1) is 12.2. The van der Waals surface area contributed by atoms with Gasteiger partial charge in [0.1, 0.15) is 0 Å². The van der Waals surface area contributed by atoms with Crippen molar-refractivity contribution in [2.24, 2.45) is 0 Å². The Morgan fingerprint density at radius 1 is 1.20 bits per heavy atom. The number of hydrogen-bond donors (Lipinski definition) is 0. The molecule has 0 radical (unpaired) electrons. The van der Waals surface area contributed by atoms with Crippen molar-refractivity contribution >= 4 is 23.2 Å². The number of nitrogens with zero attached hydrogens (tertiary/aromatic N) is 4. The normalized spacial score (nSPS) is 17.9. The van der Waals surface area contributed by atoms with Gasteiger partial charge in [0.25, 0.3) is 0 Å². The van der Waals surface area contributed by atoms with Crippen LogP contribution in [0.5, 0.6) is 0 Å². The predicted octanol–water partition coefficient (Wildman–Crippen LogP) is 4.43. The fourth-order valence-electron chi connectivity index (χ4n) is 3.09. The maximum Gasteiger partial charge on any atom is 0.231 e. The van der Waals surface area contributed by atoms with E-state index in [9.17, 15) is 0 Å². The highest BCUT2D eigenvalue weighted by molar-refractivity contribution is 6.42. The van der Waals surface area contributed by atoms with Crippen LogP contribution in [-0.2, 0) is 6.54 Å². The van der Waals surface area contributed by atoms with Gasteiger partial charge in [0.2, 0.25) is 11.7 Å². The topological polar surface area (TPSA) is 55.1 Å². The van der Waals surface area contributed by atoms with E-state index in [1.165, 1.54) is 0 Å². The lowest BCUT2D eigenvalue weighted by Gasteiger charge is -2.15. The monoisotopic (exact) mass is 374 g/mol. The number of hydrogen-bond acceptors (Lipinski definition) is 5. The maximum atomic E-state index is 6.10. The van der Waals surface area contributed by atoms with Crippen molar-refractivity contribution in [3.05, 3.63) is 64.2 Å². The van der Waals surface area contributed by atoms with Gasteiger partial charge in [-0.3, -0.25) is 9.88 Å². The minimum atomic E-state index is 0.251. The van der Waals surface area contributed by atoms with E-state index < -0.39 is 0 Å². The molecule has 0 unspecified atom stereocenters. The van der Waals surface area contributed by atoms with Gasteiger partial charge in [-0.15, -0.1) is 0 Å². The Kier molecular flexibility index (Phi) is 4.70. The minimum Gasteiger partial charge on any atom is -0.339 e. The summed E-state index contributed by atoms with van der Waals surface area (Å²) in [5, 5.41) is 5.26. The van der Waals surface area contributed by atoms with E-state index in [1.54, 1.807) is 12.4 Å². The van der Waals surface area contributed by atoms with Crippen molar-refractivity contribution in [2.75, 3.05) is 13.1 Å². The van der Waals surface area contributed by atoms with Gasteiger partial charge in [0, 0.05) is 31.0 Å². The lowest BCUT2D eigenvalue weighted by molar-refractivity contribution is 0.309. The summed E-state index contributed by atoms with van der Waals surface area (Å²) >= 11 is 12.1. The summed E-state index contributed by atoms with van der Waals surface area (Å²) in [5.74, 6) is 1.53. The SMILES string of the molecule is Clc1ccc(CN2CC[C@@H](c3nc(-c4cccnc4)no3)C2)cc1Cl. The molecule has 4 rings (SSSR count). The average Bonchev–Trinajstić information content (AvgIpc) is 3.28. The molecule has 2 aromatic heterocycles. The van der Waals surface area contributed by atoms with Gasteiger partial charge in [-0.25, -0.2) is 0 Å². The third-order valence-corrected chi connectivity index (χ3v) is 5.11. The molecule has 0 bridgehead atoms. The Morgan fingerprint density at radius 3 is 2.92 bits per heavy atom. The number of halogens is 2. The van der Waals surface area contributed by atoms with E-state index in [0.29, 0.717) is 21.8 Å². The number of aromatic nitrogens is 3. The minimum absolute atomic E-state index is 0.251. The number of rotatable bonds is 4. The highest BCUT2D eigenvalue weighted by atomic mass is 35.5. The molecule has 3 heterocycles. The van der Waals surface area contributed by atoms with Crippen LogP contribution in [0, 0.1) is 0 Å². The second-order valence-corrected chi connectivity index (χ2v) is 6.98. The zero-order chi connectivity index (χ0) is 17.2. The molecule has 0 saturated carbocycles. The van der Waals surface area contributed by atoms with Gasteiger partial charge >= 0.3 is 0 Å². The molecule has 7 heteroatoms. The van der Waals surface area contributed by atoms with E-state index in [2.05, 4.69) is 20.0 Å². The molecule has 1 aliphatic rings. The van der Waals surface area contributed by atoms with Crippen molar-refractivity contribution in [3.63, 3.8) is 0 Å². The first-order valence-electron chi connectivity index (χ1n) is 8.09. The molecule has 0 aliphatic carbocycles. The van der Waals surface area contributed by atoms with Gasteiger partial charge < -0.3 is 4.52 Å². The zero-order valence-corrected chi connectivity index (χ0v) is 14.9. The summed E-state index contributed by atoms with van der Waals surface area (Å²) in [4.78, 5) is 11.0. The summed E-state index contributed by atoms with van der Waals surface area (Å²) in [5.41, 5.74) is 2.01. The van der Waals surface area contributed by atoms with E-state index in [-0.39, 0.29) is 5.92 Å². The first kappa shape index (κ1) is 16.5. The van der Waals surface area contributed by atoms with Crippen molar-refractivity contribution in [2.45, 2.75) is 18.9 Å². The lowest BCUT2D eigenvalue weighted by atomic mass is 10.1. The van der Waals surface area contributed by atoms with Crippen LogP contribution in [0.25, 0.3) is 11.4 Å². The summed E-state index contributed by atoms with van der Waals surface area (Å²) in [7, 11) is 0. The summed E-state index contributed by atoms with van der Waals surface area (Å²) < 4.78 is 5.48. The molecule has 128 valence electrons. The van der Waals surface area contributed by atoms with E-state index >= 15 is 0 Å². The maximum absolute atomic E-state index is 6.10. The molecule has 0 spiro atoms. The third kappa shape index (κ3) is 3.68. The average molecular weight is 375 g/mol. The molecule has 5 nitrogen and oxygen atoms in total. The highest BCUT2D eigenvalue weighted by Gasteiger charge is 2.28. The first-order valence-corrected chi connectivity index (χ1v) is 8.85. The van der Waals surface area contributed by atoms with Crippen LogP contribution in [-0.4, -0.2) is 33.1 Å². The largest absolute Gasteiger partial charge is 0.339 e. The van der Waals surface area contributed by atoms with Gasteiger partial charge in [0.15, 0.2) is 0 Å². The third-order valence-electron chi connectivity index (χ3n) is 4.37. The second kappa shape index (κ2) is 7.12. The molecule has 1 aliphatic heterocycles. The van der Waals surface area contributed by atoms with Gasteiger partial charge in [-0.05, 0) is 42.8 Å². The molecule has 1 saturated heterocycles. The van der Waals surface area contributed by atoms with Crippen LogP contribution in [0.1, 0.15) is 23.8 Å². The molecule has 0 amide bonds. The van der Waals surface area contributed by atoms with Crippen LogP contribution < -0.4 is 0 Å². The summed E-state index contributed by atoms with van der Waals surface area (Å²) in [6.07, 6.45) is 4.46. The molecule has 0 N–H and O–H groups in total. The predicted molar refractivity (Wildman–Crippen MR) is 96.6 cm³/mol. The fraction of sp³-hybridized carbons (Fsp3) is 0.278. The smallest absolute Gasteiger partial charge is 0.231 e. The van der Waals surface area contributed by atoms with Crippen molar-refractivity contribution in [1.82, 2.24) is 20.0 Å². The highest BCUT2D eigenvalue weighted by Crippen LogP contribution is 2.29. The van der Waals surface area contributed by atoms with Crippen LogP contribution in [0.15, 0.2) is 47.2 Å². The molecule has 25 heavy (non-hydrogen) atoms. The van der Waals surface area contributed by atoms with Crippen LogP contribution >= 0.6 is 23.2 Å². The Bertz CT molecular complexity index is 869. The quantitative estimate of drug-likeness (QED) is 0.675. The Hall–Kier alpha value is -1.95. The molecule has 1 atom stereocenters. The van der Waals surface area contributed by atoms with E-state index in [4.69, 9.17) is 27.7 Å². The van der Waals surface area contributed by atoms with Crippen molar-refractivity contribution < 1.29 is 4.52 Å². The van der Waals surface area contributed by atoms with Crippen LogP contribution in [0.4, 0.5) is 0 Å². The lowest BCUT2D eigenvalue weighted by Crippen LogP contribution is -2.19.